The molecule has 1 heterocycles. The third kappa shape index (κ3) is 3.58. The van der Waals surface area contributed by atoms with Crippen molar-refractivity contribution in [2.75, 3.05) is 13.2 Å². The molecule has 1 atom stereocenters. The van der Waals surface area contributed by atoms with Crippen LogP contribution in [0.3, 0.4) is 0 Å². The van der Waals surface area contributed by atoms with Crippen LogP contribution in [0.5, 0.6) is 0 Å². The molecule has 0 aliphatic heterocycles. The smallest absolute Gasteiger partial charge is 0.0718 e. The number of hydrogen-bond acceptors (Lipinski definition) is 3. The second kappa shape index (κ2) is 7.41. The molecule has 20 heavy (non-hydrogen) atoms. The highest BCUT2D eigenvalue weighted by Crippen LogP contribution is 2.20. The number of ether oxygens (including phenoxy) is 1. The Morgan fingerprint density at radius 3 is 2.85 bits per heavy atom. The summed E-state index contributed by atoms with van der Waals surface area (Å²) in [6, 6.07) is 8.53. The van der Waals surface area contributed by atoms with Gasteiger partial charge in [0.1, 0.15) is 0 Å². The molecule has 0 radical (unpaired) electrons. The quantitative estimate of drug-likeness (QED) is 0.754. The molecular formula is C16H25N3O. The Morgan fingerprint density at radius 2 is 2.10 bits per heavy atom. The number of aromatic nitrogens is 2. The molecule has 0 saturated carbocycles. The highest BCUT2D eigenvalue weighted by atomic mass is 16.5. The number of rotatable bonds is 8. The van der Waals surface area contributed by atoms with E-state index >= 15 is 0 Å². The summed E-state index contributed by atoms with van der Waals surface area (Å²) in [6.45, 7) is 6.60. The van der Waals surface area contributed by atoms with Crippen molar-refractivity contribution in [3.63, 3.8) is 0 Å². The Kier molecular flexibility index (Phi) is 5.56. The maximum atomic E-state index is 6.22. The van der Waals surface area contributed by atoms with Gasteiger partial charge in [-0.25, -0.2) is 0 Å². The van der Waals surface area contributed by atoms with Crippen LogP contribution < -0.4 is 5.73 Å². The molecule has 1 unspecified atom stereocenters. The Bertz CT molecular complexity index is 536. The Morgan fingerprint density at radius 1 is 1.30 bits per heavy atom. The van der Waals surface area contributed by atoms with E-state index in [0.717, 1.165) is 44.7 Å². The summed E-state index contributed by atoms with van der Waals surface area (Å²) in [5.41, 5.74) is 8.54. The fourth-order valence-corrected chi connectivity index (χ4v) is 2.53. The SMILES string of the molecule is CCOCCCC(N)Cc1nn(CC)c2ccccc12. The van der Waals surface area contributed by atoms with Crippen molar-refractivity contribution in [3.05, 3.63) is 30.0 Å². The van der Waals surface area contributed by atoms with Crippen molar-refractivity contribution in [1.29, 1.82) is 0 Å². The van der Waals surface area contributed by atoms with Crippen molar-refractivity contribution in [2.24, 2.45) is 5.73 Å². The fourth-order valence-electron chi connectivity index (χ4n) is 2.53. The van der Waals surface area contributed by atoms with E-state index in [2.05, 4.69) is 35.9 Å². The molecule has 110 valence electrons. The topological polar surface area (TPSA) is 53.1 Å². The predicted octanol–water partition coefficient (Wildman–Crippen LogP) is 2.74. The van der Waals surface area contributed by atoms with Crippen LogP contribution in [0.1, 0.15) is 32.4 Å². The Balaban J connectivity index is 2.02. The summed E-state index contributed by atoms with van der Waals surface area (Å²) in [7, 11) is 0. The molecule has 1 aromatic carbocycles. The number of aryl methyl sites for hydroxylation is 1. The highest BCUT2D eigenvalue weighted by molar-refractivity contribution is 5.82. The van der Waals surface area contributed by atoms with Gasteiger partial charge in [-0.1, -0.05) is 18.2 Å². The standard InChI is InChI=1S/C16H25N3O/c1-3-19-16-10-6-5-9-14(16)15(18-19)12-13(17)8-7-11-20-4-2/h5-6,9-10,13H,3-4,7-8,11-12,17H2,1-2H3. The predicted molar refractivity (Wildman–Crippen MR) is 82.8 cm³/mol. The van der Waals surface area contributed by atoms with Crippen LogP contribution in [0, 0.1) is 0 Å². The van der Waals surface area contributed by atoms with E-state index < -0.39 is 0 Å². The molecule has 0 saturated heterocycles. The Labute approximate surface area is 120 Å². The molecule has 0 aliphatic carbocycles. The zero-order chi connectivity index (χ0) is 14.4. The molecule has 0 aliphatic rings. The minimum absolute atomic E-state index is 0.152. The molecule has 0 spiro atoms. The molecule has 2 aromatic rings. The first kappa shape index (κ1) is 15.0. The van der Waals surface area contributed by atoms with Crippen molar-refractivity contribution in [3.8, 4) is 0 Å². The van der Waals surface area contributed by atoms with E-state index in [0.29, 0.717) is 0 Å². The molecule has 0 bridgehead atoms. The number of hydrogen-bond donors (Lipinski definition) is 1. The van der Waals surface area contributed by atoms with Crippen molar-refractivity contribution < 1.29 is 4.74 Å². The average Bonchev–Trinajstić information content (AvgIpc) is 2.82. The lowest BCUT2D eigenvalue weighted by Gasteiger charge is -2.10. The highest BCUT2D eigenvalue weighted by Gasteiger charge is 2.12. The molecular weight excluding hydrogens is 250 g/mol. The maximum absolute atomic E-state index is 6.22. The lowest BCUT2D eigenvalue weighted by Crippen LogP contribution is -2.23. The van der Waals surface area contributed by atoms with Gasteiger partial charge in [-0.15, -0.1) is 0 Å². The van der Waals surface area contributed by atoms with Crippen LogP contribution in [0.4, 0.5) is 0 Å². The minimum Gasteiger partial charge on any atom is -0.382 e. The number of nitrogens with zero attached hydrogens (tertiary/aromatic N) is 2. The van der Waals surface area contributed by atoms with Gasteiger partial charge in [0.25, 0.3) is 0 Å². The first-order chi connectivity index (χ1) is 9.76. The average molecular weight is 275 g/mol. The third-order valence-corrected chi connectivity index (χ3v) is 3.56. The van der Waals surface area contributed by atoms with Crippen molar-refractivity contribution in [1.82, 2.24) is 9.78 Å². The minimum atomic E-state index is 0.152. The normalized spacial score (nSPS) is 12.9. The number of benzene rings is 1. The van der Waals surface area contributed by atoms with E-state index in [-0.39, 0.29) is 6.04 Å². The largest absolute Gasteiger partial charge is 0.382 e. The van der Waals surface area contributed by atoms with Crippen molar-refractivity contribution >= 4 is 10.9 Å². The van der Waals surface area contributed by atoms with E-state index in [1.165, 1.54) is 10.9 Å². The van der Waals surface area contributed by atoms with Gasteiger partial charge in [-0.3, -0.25) is 4.68 Å². The second-order valence-electron chi connectivity index (χ2n) is 5.08. The number of para-hydroxylation sites is 1. The molecule has 4 nitrogen and oxygen atoms in total. The van der Waals surface area contributed by atoms with E-state index in [1.807, 2.05) is 6.92 Å². The van der Waals surface area contributed by atoms with Gasteiger partial charge in [0.05, 0.1) is 11.2 Å². The van der Waals surface area contributed by atoms with Gasteiger partial charge < -0.3 is 10.5 Å². The molecule has 4 heteroatoms. The zero-order valence-electron chi connectivity index (χ0n) is 12.5. The van der Waals surface area contributed by atoms with Crippen LogP contribution in [-0.4, -0.2) is 29.0 Å². The van der Waals surface area contributed by atoms with Crippen LogP contribution >= 0.6 is 0 Å². The van der Waals surface area contributed by atoms with Crippen LogP contribution in [0.15, 0.2) is 24.3 Å². The lowest BCUT2D eigenvalue weighted by molar-refractivity contribution is 0.142. The molecule has 0 amide bonds. The zero-order valence-corrected chi connectivity index (χ0v) is 12.5. The Hall–Kier alpha value is -1.39. The van der Waals surface area contributed by atoms with E-state index in [9.17, 15) is 0 Å². The van der Waals surface area contributed by atoms with Gasteiger partial charge >= 0.3 is 0 Å². The number of fused-ring (bicyclic) bond motifs is 1. The summed E-state index contributed by atoms with van der Waals surface area (Å²) >= 11 is 0. The van der Waals surface area contributed by atoms with Crippen LogP contribution in [0.25, 0.3) is 10.9 Å². The summed E-state index contributed by atoms with van der Waals surface area (Å²) in [6.07, 6.45) is 2.83. The third-order valence-electron chi connectivity index (χ3n) is 3.56. The molecule has 2 rings (SSSR count). The monoisotopic (exact) mass is 275 g/mol. The maximum Gasteiger partial charge on any atom is 0.0718 e. The van der Waals surface area contributed by atoms with Gasteiger partial charge in [0.2, 0.25) is 0 Å². The summed E-state index contributed by atoms with van der Waals surface area (Å²) in [4.78, 5) is 0. The van der Waals surface area contributed by atoms with Gasteiger partial charge in [0, 0.05) is 37.6 Å². The second-order valence-corrected chi connectivity index (χ2v) is 5.08. The van der Waals surface area contributed by atoms with Gasteiger partial charge in [-0.05, 0) is 32.8 Å². The summed E-state index contributed by atoms with van der Waals surface area (Å²) in [5.74, 6) is 0. The molecule has 1 aromatic heterocycles. The van der Waals surface area contributed by atoms with Crippen LogP contribution in [-0.2, 0) is 17.7 Å². The fraction of sp³-hybridized carbons (Fsp3) is 0.562. The van der Waals surface area contributed by atoms with E-state index in [1.54, 1.807) is 0 Å². The molecule has 2 N–H and O–H groups in total. The van der Waals surface area contributed by atoms with E-state index in [4.69, 9.17) is 15.6 Å². The van der Waals surface area contributed by atoms with Crippen molar-refractivity contribution in [2.45, 2.75) is 45.7 Å². The van der Waals surface area contributed by atoms with Gasteiger partial charge in [-0.2, -0.15) is 5.10 Å². The van der Waals surface area contributed by atoms with Gasteiger partial charge in [0.15, 0.2) is 0 Å². The van der Waals surface area contributed by atoms with Crippen LogP contribution in [0.2, 0.25) is 0 Å². The molecule has 0 fully saturated rings. The lowest BCUT2D eigenvalue weighted by atomic mass is 10.0. The summed E-state index contributed by atoms with van der Waals surface area (Å²) < 4.78 is 7.40. The number of nitrogens with two attached hydrogens (primary N) is 1. The first-order valence-electron chi connectivity index (χ1n) is 7.54. The first-order valence-corrected chi connectivity index (χ1v) is 7.54. The summed E-state index contributed by atoms with van der Waals surface area (Å²) in [5, 5.41) is 5.93.